The molecule has 2 unspecified atom stereocenters. The van der Waals surface area contributed by atoms with Crippen molar-refractivity contribution in [2.24, 2.45) is 11.8 Å². The first-order valence-corrected chi connectivity index (χ1v) is 6.29. The maximum absolute atomic E-state index is 13.9. The lowest BCUT2D eigenvalue weighted by molar-refractivity contribution is 0.354. The molecular formula is C13H17F2N3. The third-order valence-electron chi connectivity index (χ3n) is 4.40. The largest absolute Gasteiger partial charge is 0.348 e. The molecule has 5 heteroatoms. The number of hydrogen-bond donors (Lipinski definition) is 1. The van der Waals surface area contributed by atoms with Gasteiger partial charge in [0.25, 0.3) is 0 Å². The summed E-state index contributed by atoms with van der Waals surface area (Å²) in [4.78, 5) is 5.92. The molecule has 0 bridgehead atoms. The van der Waals surface area contributed by atoms with Gasteiger partial charge in [0.15, 0.2) is 11.6 Å². The van der Waals surface area contributed by atoms with E-state index in [1.54, 1.807) is 0 Å². The Hall–Kier alpha value is -1.23. The van der Waals surface area contributed by atoms with E-state index in [0.29, 0.717) is 11.8 Å². The highest BCUT2D eigenvalue weighted by molar-refractivity contribution is 5.46. The highest BCUT2D eigenvalue weighted by Crippen LogP contribution is 2.43. The normalized spacial score (nSPS) is 29.7. The summed E-state index contributed by atoms with van der Waals surface area (Å²) >= 11 is 0. The fraction of sp³-hybridized carbons (Fsp3) is 0.615. The van der Waals surface area contributed by atoms with Gasteiger partial charge in [-0.05, 0) is 25.7 Å². The predicted molar refractivity (Wildman–Crippen MR) is 65.4 cm³/mol. The molecule has 0 saturated carbocycles. The van der Waals surface area contributed by atoms with Crippen molar-refractivity contribution in [3.8, 4) is 0 Å². The molecule has 2 aliphatic rings. The molecule has 2 saturated heterocycles. The third kappa shape index (κ3) is 1.61. The fourth-order valence-corrected chi connectivity index (χ4v) is 3.39. The number of rotatable bonds is 1. The Labute approximate surface area is 105 Å². The van der Waals surface area contributed by atoms with Gasteiger partial charge >= 0.3 is 0 Å². The Balaban J connectivity index is 1.97. The van der Waals surface area contributed by atoms with Gasteiger partial charge in [-0.2, -0.15) is 0 Å². The second-order valence-corrected chi connectivity index (χ2v) is 5.75. The summed E-state index contributed by atoms with van der Waals surface area (Å²) in [5, 5.41) is 3.37. The minimum atomic E-state index is -0.630. The fourth-order valence-electron chi connectivity index (χ4n) is 3.39. The lowest BCUT2D eigenvalue weighted by Gasteiger charge is -2.36. The van der Waals surface area contributed by atoms with E-state index < -0.39 is 11.6 Å². The van der Waals surface area contributed by atoms with Crippen LogP contribution in [0.15, 0.2) is 12.3 Å². The summed E-state index contributed by atoms with van der Waals surface area (Å²) < 4.78 is 26.8. The maximum Gasteiger partial charge on any atom is 0.168 e. The topological polar surface area (TPSA) is 28.2 Å². The van der Waals surface area contributed by atoms with Crippen LogP contribution in [0, 0.1) is 23.5 Å². The van der Waals surface area contributed by atoms with E-state index >= 15 is 0 Å². The number of fused-ring (bicyclic) bond motifs is 1. The molecule has 2 atom stereocenters. The highest BCUT2D eigenvalue weighted by atomic mass is 19.1. The molecule has 3 heterocycles. The lowest BCUT2D eigenvalue weighted by Crippen LogP contribution is -2.45. The molecule has 2 aliphatic heterocycles. The van der Waals surface area contributed by atoms with Crippen LogP contribution in [0.5, 0.6) is 0 Å². The minimum Gasteiger partial charge on any atom is -0.348 e. The maximum atomic E-state index is 13.9. The van der Waals surface area contributed by atoms with Crippen LogP contribution in [0.3, 0.4) is 0 Å². The van der Waals surface area contributed by atoms with Gasteiger partial charge in [-0.25, -0.2) is 13.8 Å². The van der Waals surface area contributed by atoms with E-state index in [1.165, 1.54) is 0 Å². The van der Waals surface area contributed by atoms with Gasteiger partial charge in [-0.3, -0.25) is 0 Å². The Morgan fingerprint density at radius 2 is 2.17 bits per heavy atom. The molecular weight excluding hydrogens is 236 g/mol. The first-order chi connectivity index (χ1) is 8.50. The molecule has 0 aliphatic carbocycles. The molecule has 0 radical (unpaired) electrons. The van der Waals surface area contributed by atoms with Crippen LogP contribution in [0.25, 0.3) is 0 Å². The number of hydrogen-bond acceptors (Lipinski definition) is 3. The van der Waals surface area contributed by atoms with Crippen LogP contribution < -0.4 is 10.2 Å². The Morgan fingerprint density at radius 1 is 1.39 bits per heavy atom. The number of pyridine rings is 1. The van der Waals surface area contributed by atoms with Crippen molar-refractivity contribution >= 4 is 5.82 Å². The summed E-state index contributed by atoms with van der Waals surface area (Å²) in [6, 6.07) is 0.908. The number of halogens is 2. The van der Waals surface area contributed by atoms with Gasteiger partial charge in [-0.15, -0.1) is 0 Å². The van der Waals surface area contributed by atoms with Crippen LogP contribution in [0.2, 0.25) is 0 Å². The van der Waals surface area contributed by atoms with Crippen molar-refractivity contribution in [1.29, 1.82) is 0 Å². The predicted octanol–water partition coefficient (Wildman–Crippen LogP) is 1.79. The number of anilines is 1. The second-order valence-electron chi connectivity index (χ2n) is 5.75. The van der Waals surface area contributed by atoms with E-state index in [4.69, 9.17) is 0 Å². The second kappa shape index (κ2) is 3.88. The summed E-state index contributed by atoms with van der Waals surface area (Å²) in [6.45, 7) is 6.91. The zero-order chi connectivity index (χ0) is 12.9. The standard InChI is InChI=1S/C13H17F2N3/c1-13(2)10-6-16-4-8(10)7-18(13)12-11(15)3-9(14)5-17-12/h3,5,8,10,16H,4,6-7H2,1-2H3. The van der Waals surface area contributed by atoms with Crippen molar-refractivity contribution in [3.05, 3.63) is 23.9 Å². The molecule has 0 spiro atoms. The SMILES string of the molecule is CC1(C)C2CNCC2CN1c1ncc(F)cc1F. The van der Waals surface area contributed by atoms with E-state index in [0.717, 1.165) is 31.9 Å². The van der Waals surface area contributed by atoms with Crippen LogP contribution in [0.4, 0.5) is 14.6 Å². The van der Waals surface area contributed by atoms with Crippen LogP contribution >= 0.6 is 0 Å². The van der Waals surface area contributed by atoms with E-state index in [9.17, 15) is 8.78 Å². The Kier molecular flexibility index (Phi) is 2.55. The molecule has 3 rings (SSSR count). The molecule has 0 amide bonds. The summed E-state index contributed by atoms with van der Waals surface area (Å²) in [5.41, 5.74) is -0.153. The Bertz CT molecular complexity index is 475. The first kappa shape index (κ1) is 11.8. The minimum absolute atomic E-state index is 0.153. The smallest absolute Gasteiger partial charge is 0.168 e. The molecule has 2 fully saturated rings. The van der Waals surface area contributed by atoms with Gasteiger partial charge in [0, 0.05) is 31.2 Å². The van der Waals surface area contributed by atoms with Gasteiger partial charge in [0.1, 0.15) is 5.82 Å². The van der Waals surface area contributed by atoms with Gasteiger partial charge in [-0.1, -0.05) is 0 Å². The highest BCUT2D eigenvalue weighted by Gasteiger charge is 2.50. The van der Waals surface area contributed by atoms with Gasteiger partial charge < -0.3 is 10.2 Å². The molecule has 98 valence electrons. The van der Waals surface area contributed by atoms with Crippen molar-refractivity contribution in [1.82, 2.24) is 10.3 Å². The average Bonchev–Trinajstić information content (AvgIpc) is 2.82. The molecule has 3 nitrogen and oxygen atoms in total. The molecule has 1 aromatic rings. The number of aromatic nitrogens is 1. The summed E-state index contributed by atoms with van der Waals surface area (Å²) in [5.74, 6) is 0.0805. The van der Waals surface area contributed by atoms with Crippen LogP contribution in [-0.2, 0) is 0 Å². The number of nitrogens with zero attached hydrogens (tertiary/aromatic N) is 2. The van der Waals surface area contributed by atoms with Crippen molar-refractivity contribution in [2.75, 3.05) is 24.5 Å². The van der Waals surface area contributed by atoms with Gasteiger partial charge in [0.2, 0.25) is 0 Å². The zero-order valence-electron chi connectivity index (χ0n) is 10.6. The monoisotopic (exact) mass is 253 g/mol. The van der Waals surface area contributed by atoms with E-state index in [2.05, 4.69) is 24.1 Å². The number of nitrogens with one attached hydrogen (secondary N) is 1. The van der Waals surface area contributed by atoms with Crippen LogP contribution in [0.1, 0.15) is 13.8 Å². The summed E-state index contributed by atoms with van der Waals surface area (Å²) in [7, 11) is 0. The Morgan fingerprint density at radius 3 is 2.83 bits per heavy atom. The first-order valence-electron chi connectivity index (χ1n) is 6.29. The van der Waals surface area contributed by atoms with Crippen LogP contribution in [-0.4, -0.2) is 30.2 Å². The summed E-state index contributed by atoms with van der Waals surface area (Å²) in [6.07, 6.45) is 1.08. The lowest BCUT2D eigenvalue weighted by atomic mass is 9.85. The van der Waals surface area contributed by atoms with Gasteiger partial charge in [0.05, 0.1) is 6.20 Å². The molecule has 0 aromatic carbocycles. The molecule has 18 heavy (non-hydrogen) atoms. The molecule has 1 N–H and O–H groups in total. The molecule has 1 aromatic heterocycles. The van der Waals surface area contributed by atoms with E-state index in [-0.39, 0.29) is 11.4 Å². The quantitative estimate of drug-likeness (QED) is 0.827. The van der Waals surface area contributed by atoms with E-state index in [1.807, 2.05) is 4.90 Å². The zero-order valence-corrected chi connectivity index (χ0v) is 10.6. The van der Waals surface area contributed by atoms with Crippen molar-refractivity contribution in [2.45, 2.75) is 19.4 Å². The van der Waals surface area contributed by atoms with Crippen molar-refractivity contribution < 1.29 is 8.78 Å². The average molecular weight is 253 g/mol. The van der Waals surface area contributed by atoms with Crippen molar-refractivity contribution in [3.63, 3.8) is 0 Å². The third-order valence-corrected chi connectivity index (χ3v) is 4.40.